The molecular weight excluding hydrogens is 472 g/mol. The van der Waals surface area contributed by atoms with E-state index in [0.717, 1.165) is 36.4 Å². The van der Waals surface area contributed by atoms with Crippen LogP contribution in [0.2, 0.25) is 10.2 Å². The van der Waals surface area contributed by atoms with E-state index >= 15 is 0 Å². The quantitative estimate of drug-likeness (QED) is 0.274. The number of rotatable bonds is 5. The molecule has 0 unspecified atom stereocenters. The molecule has 4 heterocycles. The zero-order valence-corrected chi connectivity index (χ0v) is 20.3. The van der Waals surface area contributed by atoms with Gasteiger partial charge in [0.05, 0.1) is 21.7 Å². The third-order valence-electron chi connectivity index (χ3n) is 6.56. The molecule has 1 fully saturated rings. The summed E-state index contributed by atoms with van der Waals surface area (Å²) in [7, 11) is 0. The summed E-state index contributed by atoms with van der Waals surface area (Å²) in [6.45, 7) is 7.20. The molecule has 1 saturated carbocycles. The van der Waals surface area contributed by atoms with E-state index in [1.807, 2.05) is 0 Å². The van der Waals surface area contributed by atoms with Crippen molar-refractivity contribution in [1.29, 1.82) is 0 Å². The highest BCUT2D eigenvalue weighted by molar-refractivity contribution is 6.31. The first-order valence-electron chi connectivity index (χ1n) is 11.4. The molecule has 174 valence electrons. The van der Waals surface area contributed by atoms with Crippen molar-refractivity contribution in [1.82, 2.24) is 24.5 Å². The fourth-order valence-electron chi connectivity index (χ4n) is 4.76. The first-order chi connectivity index (χ1) is 16.4. The highest BCUT2D eigenvalue weighted by atomic mass is 35.5. The van der Waals surface area contributed by atoms with Crippen molar-refractivity contribution in [2.75, 3.05) is 0 Å². The fourth-order valence-corrected chi connectivity index (χ4v) is 5.12. The molecule has 0 aromatic carbocycles. The molecule has 0 amide bonds. The Kier molecular flexibility index (Phi) is 6.36. The van der Waals surface area contributed by atoms with E-state index in [2.05, 4.69) is 33.0 Å². The summed E-state index contributed by atoms with van der Waals surface area (Å²) in [6, 6.07) is 6.47. The van der Waals surface area contributed by atoms with Crippen LogP contribution in [0.15, 0.2) is 49.4 Å². The van der Waals surface area contributed by atoms with Crippen LogP contribution in [0.1, 0.15) is 44.1 Å². The van der Waals surface area contributed by atoms with Gasteiger partial charge in [0.15, 0.2) is 0 Å². The summed E-state index contributed by atoms with van der Waals surface area (Å²) in [6.07, 6.45) is 9.47. The number of aromatic nitrogens is 5. The van der Waals surface area contributed by atoms with Crippen molar-refractivity contribution < 1.29 is 4.39 Å². The molecule has 5 rings (SSSR count). The van der Waals surface area contributed by atoms with Crippen LogP contribution in [0.4, 0.5) is 4.39 Å². The molecule has 0 atom stereocenters. The summed E-state index contributed by atoms with van der Waals surface area (Å²) in [4.78, 5) is 18.0. The predicted molar refractivity (Wildman–Crippen MR) is 134 cm³/mol. The van der Waals surface area contributed by atoms with Gasteiger partial charge in [-0.15, -0.1) is 0 Å². The summed E-state index contributed by atoms with van der Waals surface area (Å²) in [5.74, 6) is 1.33. The van der Waals surface area contributed by atoms with Gasteiger partial charge in [-0.2, -0.15) is 0 Å². The van der Waals surface area contributed by atoms with Crippen LogP contribution in [0, 0.1) is 17.7 Å². The zero-order chi connectivity index (χ0) is 23.8. The van der Waals surface area contributed by atoms with Gasteiger partial charge in [-0.3, -0.25) is 9.97 Å². The number of fused-ring (bicyclic) bond motifs is 1. The molecule has 1 aliphatic carbocycles. The Morgan fingerprint density at radius 2 is 1.94 bits per heavy atom. The molecule has 4 aromatic rings. The second kappa shape index (κ2) is 9.43. The van der Waals surface area contributed by atoms with Crippen LogP contribution in [0.3, 0.4) is 0 Å². The van der Waals surface area contributed by atoms with Crippen LogP contribution < -0.4 is 0 Å². The maximum atomic E-state index is 14.7. The van der Waals surface area contributed by atoms with Gasteiger partial charge >= 0.3 is 0 Å². The van der Waals surface area contributed by atoms with Gasteiger partial charge < -0.3 is 4.57 Å². The Hall–Kier alpha value is -2.83. The number of hydrogen-bond acceptors (Lipinski definition) is 4. The van der Waals surface area contributed by atoms with E-state index < -0.39 is 5.82 Å². The van der Waals surface area contributed by atoms with Gasteiger partial charge in [0.25, 0.3) is 0 Å². The number of imidazole rings is 1. The van der Waals surface area contributed by atoms with Crippen LogP contribution in [-0.2, 0) is 6.54 Å². The lowest BCUT2D eigenvalue weighted by atomic mass is 9.83. The molecule has 8 heteroatoms. The number of pyridine rings is 3. The summed E-state index contributed by atoms with van der Waals surface area (Å²) >= 11 is 12.6. The average Bonchev–Trinajstić information content (AvgIpc) is 3.17. The average molecular weight is 496 g/mol. The Bertz CT molecular complexity index is 1380. The predicted octanol–water partition coefficient (Wildman–Crippen LogP) is 7.22. The summed E-state index contributed by atoms with van der Waals surface area (Å²) < 4.78 is 16.8. The molecule has 0 radical (unpaired) electrons. The number of nitrogens with zero attached hydrogens (tertiary/aromatic N) is 5. The molecule has 0 aliphatic heterocycles. The third kappa shape index (κ3) is 4.44. The Morgan fingerprint density at radius 3 is 2.68 bits per heavy atom. The Balaban J connectivity index is 1.72. The molecule has 0 bridgehead atoms. The van der Waals surface area contributed by atoms with Gasteiger partial charge in [0.2, 0.25) is 0 Å². The van der Waals surface area contributed by atoms with Crippen LogP contribution in [0.5, 0.6) is 0 Å². The Morgan fingerprint density at radius 1 is 1.15 bits per heavy atom. The minimum atomic E-state index is -0.437. The van der Waals surface area contributed by atoms with E-state index in [1.54, 1.807) is 36.8 Å². The lowest BCUT2D eigenvalue weighted by molar-refractivity contribution is 0.266. The van der Waals surface area contributed by atoms with Crippen molar-refractivity contribution in [3.05, 3.63) is 76.9 Å². The second-order valence-electron chi connectivity index (χ2n) is 9.04. The fraction of sp³-hybridized carbons (Fsp3) is 0.308. The van der Waals surface area contributed by atoms with Crippen molar-refractivity contribution in [2.45, 2.75) is 39.2 Å². The molecule has 0 N–H and O–H groups in total. The lowest BCUT2D eigenvalue weighted by Gasteiger charge is -2.27. The summed E-state index contributed by atoms with van der Waals surface area (Å²) in [5, 5.41) is 0.805. The molecule has 4 aromatic heterocycles. The van der Waals surface area contributed by atoms with Crippen LogP contribution in [0.25, 0.3) is 27.9 Å². The van der Waals surface area contributed by atoms with E-state index in [1.165, 1.54) is 18.9 Å². The SMILES string of the molecule is C=C(c1ncccc1F)c1nc2cc(Cl)nc(-c3cncc(Cl)c3)c2n1CC1CCC(C)CC1. The van der Waals surface area contributed by atoms with E-state index in [-0.39, 0.29) is 5.69 Å². The molecule has 1 aliphatic rings. The molecule has 5 nitrogen and oxygen atoms in total. The molecule has 0 spiro atoms. The highest BCUT2D eigenvalue weighted by Crippen LogP contribution is 2.36. The maximum absolute atomic E-state index is 14.7. The second-order valence-corrected chi connectivity index (χ2v) is 9.86. The summed E-state index contributed by atoms with van der Waals surface area (Å²) in [5.41, 5.74) is 3.44. The lowest BCUT2D eigenvalue weighted by Crippen LogP contribution is -2.19. The van der Waals surface area contributed by atoms with Gasteiger partial charge in [0.1, 0.15) is 22.5 Å². The molecule has 34 heavy (non-hydrogen) atoms. The van der Waals surface area contributed by atoms with Crippen molar-refractivity contribution in [3.8, 4) is 11.3 Å². The zero-order valence-electron chi connectivity index (χ0n) is 18.8. The van der Waals surface area contributed by atoms with Crippen LogP contribution >= 0.6 is 23.2 Å². The first-order valence-corrected chi connectivity index (χ1v) is 12.1. The van der Waals surface area contributed by atoms with Crippen LogP contribution in [-0.4, -0.2) is 24.5 Å². The maximum Gasteiger partial charge on any atom is 0.149 e. The monoisotopic (exact) mass is 495 g/mol. The Labute approximate surface area is 207 Å². The van der Waals surface area contributed by atoms with Gasteiger partial charge in [-0.05, 0) is 42.9 Å². The standard InChI is InChI=1S/C26H24Cl2FN5/c1-15-5-7-17(8-6-15)14-34-25-21(32-26(34)16(2)23-20(29)4-3-9-31-23)11-22(28)33-24(25)18-10-19(27)13-30-12-18/h3-4,9-13,15,17H,2,5-8,14H2,1H3. The van der Waals surface area contributed by atoms with Gasteiger partial charge in [-0.25, -0.2) is 14.4 Å². The van der Waals surface area contributed by atoms with E-state index in [9.17, 15) is 4.39 Å². The topological polar surface area (TPSA) is 56.5 Å². The van der Waals surface area contributed by atoms with E-state index in [4.69, 9.17) is 28.2 Å². The van der Waals surface area contributed by atoms with E-state index in [0.29, 0.717) is 38.7 Å². The smallest absolute Gasteiger partial charge is 0.149 e. The number of halogens is 3. The van der Waals surface area contributed by atoms with Crippen molar-refractivity contribution in [3.63, 3.8) is 0 Å². The minimum absolute atomic E-state index is 0.182. The largest absolute Gasteiger partial charge is 0.322 e. The molecule has 0 saturated heterocycles. The van der Waals surface area contributed by atoms with Crippen molar-refractivity contribution >= 4 is 39.8 Å². The van der Waals surface area contributed by atoms with Crippen molar-refractivity contribution in [2.24, 2.45) is 11.8 Å². The minimum Gasteiger partial charge on any atom is -0.322 e. The first kappa shape index (κ1) is 22.9. The third-order valence-corrected chi connectivity index (χ3v) is 6.96. The molecular formula is C26H24Cl2FN5. The highest BCUT2D eigenvalue weighted by Gasteiger charge is 2.26. The number of hydrogen-bond donors (Lipinski definition) is 0. The normalized spacial score (nSPS) is 18.4. The van der Waals surface area contributed by atoms with Gasteiger partial charge in [-0.1, -0.05) is 49.5 Å². The van der Waals surface area contributed by atoms with Gasteiger partial charge in [0, 0.05) is 42.3 Å².